The maximum Gasteiger partial charge on any atom is 0.469 e. The zero-order valence-electron chi connectivity index (χ0n) is 11.7. The quantitative estimate of drug-likeness (QED) is 0.320. The number of hydrogen-bond donors (Lipinski definition) is 5. The van der Waals surface area contributed by atoms with Gasteiger partial charge in [-0.2, -0.15) is 9.97 Å². The van der Waals surface area contributed by atoms with E-state index in [4.69, 9.17) is 26.1 Å². The average Bonchev–Trinajstić information content (AvgIpc) is 3.00. The molecule has 0 amide bonds. The van der Waals surface area contributed by atoms with E-state index in [2.05, 4.69) is 19.5 Å². The molecule has 1 fully saturated rings. The largest absolute Gasteiger partial charge is 0.492 e. The van der Waals surface area contributed by atoms with E-state index >= 15 is 0 Å². The predicted octanol–water partition coefficient (Wildman–Crippen LogP) is -1.09. The third-order valence-corrected chi connectivity index (χ3v) is 4.05. The summed E-state index contributed by atoms with van der Waals surface area (Å²) in [7, 11) is -4.76. The monoisotopic (exact) mass is 382 g/mol. The van der Waals surface area contributed by atoms with Crippen molar-refractivity contribution in [3.63, 3.8) is 0 Å². The first-order valence-corrected chi connectivity index (χ1v) is 8.39. The Kier molecular flexibility index (Phi) is 4.49. The summed E-state index contributed by atoms with van der Waals surface area (Å²) in [5, 5.41) is 29.5. The van der Waals surface area contributed by atoms with Crippen LogP contribution < -0.4 is 0 Å². The smallest absolute Gasteiger partial charge is 0.469 e. The minimum absolute atomic E-state index is 0.000364. The Morgan fingerprint density at radius 1 is 1.33 bits per heavy atom. The lowest BCUT2D eigenvalue weighted by Gasteiger charge is -2.16. The number of rotatable bonds is 4. The molecule has 2 aromatic rings. The molecule has 1 saturated heterocycles. The molecule has 0 bridgehead atoms. The normalized spacial score (nSPS) is 27.9. The van der Waals surface area contributed by atoms with E-state index in [1.54, 1.807) is 0 Å². The number of phosphoric acid groups is 1. The Morgan fingerprint density at radius 2 is 2.04 bits per heavy atom. The number of nitrogens with zero attached hydrogens (tertiary/aromatic N) is 4. The standard InChI is InChI=1S/C10H12ClN4O8P/c11-10-13-7-4(8(18)14-10)12-2-15(7)9-6(17)5(16)3(23-9)1-22-24(19,20)21/h2-3,5-6,9,16-17H,1H2,(H,13,14,18)(H2,19,20,21)/t3-,5-,6-,9-/m1/s1. The first-order valence-electron chi connectivity index (χ1n) is 6.48. The fraction of sp³-hybridized carbons (Fsp3) is 0.500. The van der Waals surface area contributed by atoms with Crippen LogP contribution in [0, 0.1) is 0 Å². The molecular formula is C10H12ClN4O8P. The number of phosphoric ester groups is 1. The Labute approximate surface area is 138 Å². The van der Waals surface area contributed by atoms with Gasteiger partial charge >= 0.3 is 7.82 Å². The van der Waals surface area contributed by atoms with Gasteiger partial charge in [0.2, 0.25) is 11.2 Å². The van der Waals surface area contributed by atoms with Crippen LogP contribution in [-0.4, -0.2) is 69.5 Å². The molecule has 3 heterocycles. The number of ether oxygens (including phenoxy) is 1. The zero-order chi connectivity index (χ0) is 17.6. The zero-order valence-corrected chi connectivity index (χ0v) is 13.3. The van der Waals surface area contributed by atoms with E-state index < -0.39 is 44.8 Å². The fourth-order valence-corrected chi connectivity index (χ4v) is 2.83. The highest BCUT2D eigenvalue weighted by Crippen LogP contribution is 2.39. The van der Waals surface area contributed by atoms with Gasteiger partial charge in [-0.3, -0.25) is 9.09 Å². The Morgan fingerprint density at radius 3 is 2.71 bits per heavy atom. The summed E-state index contributed by atoms with van der Waals surface area (Å²) in [6.07, 6.45) is -4.17. The molecular weight excluding hydrogens is 371 g/mol. The van der Waals surface area contributed by atoms with Gasteiger partial charge in [0.25, 0.3) is 0 Å². The van der Waals surface area contributed by atoms with Crippen LogP contribution in [0.2, 0.25) is 5.28 Å². The number of imidazole rings is 1. The molecule has 0 aliphatic carbocycles. The highest BCUT2D eigenvalue weighted by Gasteiger charge is 2.45. The van der Waals surface area contributed by atoms with E-state index in [1.165, 1.54) is 10.9 Å². The SMILES string of the molecule is O=P(O)(O)OC[C@H]1O[C@@H](n2cnc3c(O)nc(Cl)nc32)[C@H](O)[C@@H]1O. The Bertz CT molecular complexity index is 811. The van der Waals surface area contributed by atoms with Gasteiger partial charge in [-0.1, -0.05) is 0 Å². The van der Waals surface area contributed by atoms with E-state index in [0.717, 1.165) is 0 Å². The second-order valence-electron chi connectivity index (χ2n) is 4.97. The van der Waals surface area contributed by atoms with Crippen molar-refractivity contribution < 1.29 is 38.9 Å². The molecule has 12 nitrogen and oxygen atoms in total. The number of halogens is 1. The van der Waals surface area contributed by atoms with Crippen molar-refractivity contribution in [3.05, 3.63) is 11.6 Å². The lowest BCUT2D eigenvalue weighted by atomic mass is 10.1. The lowest BCUT2D eigenvalue weighted by Crippen LogP contribution is -2.33. The van der Waals surface area contributed by atoms with Crippen LogP contribution in [0.25, 0.3) is 11.2 Å². The maximum atomic E-state index is 10.7. The van der Waals surface area contributed by atoms with Crippen molar-refractivity contribution in [1.29, 1.82) is 0 Å². The molecule has 5 N–H and O–H groups in total. The van der Waals surface area contributed by atoms with Crippen LogP contribution in [0.15, 0.2) is 6.33 Å². The van der Waals surface area contributed by atoms with Gasteiger partial charge in [-0.05, 0) is 11.6 Å². The highest BCUT2D eigenvalue weighted by atomic mass is 35.5. The van der Waals surface area contributed by atoms with Crippen molar-refractivity contribution in [3.8, 4) is 5.88 Å². The third-order valence-electron chi connectivity index (χ3n) is 3.39. The summed E-state index contributed by atoms with van der Waals surface area (Å²) in [6.45, 7) is -0.646. The Balaban J connectivity index is 1.89. The number of aliphatic hydroxyl groups excluding tert-OH is 2. The number of fused-ring (bicyclic) bond motifs is 1. The molecule has 1 aliphatic rings. The summed E-state index contributed by atoms with van der Waals surface area (Å²) < 4.78 is 21.6. The molecule has 24 heavy (non-hydrogen) atoms. The van der Waals surface area contributed by atoms with Crippen molar-refractivity contribution in [2.45, 2.75) is 24.5 Å². The molecule has 3 rings (SSSR count). The van der Waals surface area contributed by atoms with Crippen molar-refractivity contribution in [2.24, 2.45) is 0 Å². The van der Waals surface area contributed by atoms with Crippen LogP contribution in [-0.2, 0) is 13.8 Å². The van der Waals surface area contributed by atoms with Gasteiger partial charge in [0, 0.05) is 0 Å². The molecule has 0 unspecified atom stereocenters. The number of aliphatic hydroxyl groups is 2. The number of aromatic hydroxyl groups is 1. The van der Waals surface area contributed by atoms with E-state index in [1.807, 2.05) is 0 Å². The molecule has 1 aliphatic heterocycles. The van der Waals surface area contributed by atoms with Gasteiger partial charge in [0.15, 0.2) is 17.4 Å². The first-order chi connectivity index (χ1) is 11.2. The first kappa shape index (κ1) is 17.5. The second-order valence-corrected chi connectivity index (χ2v) is 6.55. The highest BCUT2D eigenvalue weighted by molar-refractivity contribution is 7.46. The van der Waals surface area contributed by atoms with Gasteiger partial charge in [0.1, 0.15) is 18.3 Å². The van der Waals surface area contributed by atoms with Gasteiger partial charge in [-0.15, -0.1) is 0 Å². The molecule has 0 aromatic carbocycles. The van der Waals surface area contributed by atoms with Crippen LogP contribution in [0.4, 0.5) is 0 Å². The Hall–Kier alpha value is -1.37. The van der Waals surface area contributed by atoms with Crippen LogP contribution in [0.1, 0.15) is 6.23 Å². The van der Waals surface area contributed by atoms with E-state index in [-0.39, 0.29) is 16.4 Å². The summed E-state index contributed by atoms with van der Waals surface area (Å²) in [6, 6.07) is 0. The summed E-state index contributed by atoms with van der Waals surface area (Å²) >= 11 is 5.67. The topological polar surface area (TPSA) is 180 Å². The van der Waals surface area contributed by atoms with Crippen molar-refractivity contribution in [2.75, 3.05) is 6.61 Å². The second kappa shape index (κ2) is 6.17. The summed E-state index contributed by atoms with van der Waals surface area (Å²) in [5.41, 5.74) is 0.0416. The minimum atomic E-state index is -4.76. The van der Waals surface area contributed by atoms with E-state index in [0.29, 0.717) is 0 Å². The molecule has 2 aromatic heterocycles. The molecule has 0 spiro atoms. The molecule has 0 saturated carbocycles. The van der Waals surface area contributed by atoms with Crippen LogP contribution in [0.3, 0.4) is 0 Å². The van der Waals surface area contributed by atoms with Crippen molar-refractivity contribution in [1.82, 2.24) is 19.5 Å². The van der Waals surface area contributed by atoms with Gasteiger partial charge < -0.3 is 29.8 Å². The maximum absolute atomic E-state index is 10.7. The molecule has 14 heteroatoms. The minimum Gasteiger partial charge on any atom is -0.492 e. The number of aromatic nitrogens is 4. The van der Waals surface area contributed by atoms with Gasteiger partial charge in [0.05, 0.1) is 12.9 Å². The predicted molar refractivity (Wildman–Crippen MR) is 75.9 cm³/mol. The van der Waals surface area contributed by atoms with Gasteiger partial charge in [-0.25, -0.2) is 9.55 Å². The fourth-order valence-electron chi connectivity index (χ4n) is 2.33. The van der Waals surface area contributed by atoms with Crippen LogP contribution in [0.5, 0.6) is 5.88 Å². The summed E-state index contributed by atoms with van der Waals surface area (Å²) in [4.78, 5) is 28.7. The molecule has 132 valence electrons. The molecule has 4 atom stereocenters. The van der Waals surface area contributed by atoms with Crippen LogP contribution >= 0.6 is 19.4 Å². The lowest BCUT2D eigenvalue weighted by molar-refractivity contribution is -0.0504. The van der Waals surface area contributed by atoms with Crippen molar-refractivity contribution >= 4 is 30.6 Å². The molecule has 0 radical (unpaired) electrons. The third kappa shape index (κ3) is 3.23. The number of hydrogen-bond acceptors (Lipinski definition) is 9. The summed E-state index contributed by atoms with van der Waals surface area (Å²) in [5.74, 6) is -0.474. The average molecular weight is 383 g/mol. The van der Waals surface area contributed by atoms with E-state index in [9.17, 15) is 19.9 Å².